The van der Waals surface area contributed by atoms with Crippen molar-refractivity contribution in [1.82, 2.24) is 25.0 Å². The normalized spacial score (nSPS) is 10.7. The van der Waals surface area contributed by atoms with Crippen molar-refractivity contribution in [2.24, 2.45) is 7.05 Å². The molecular weight excluding hydrogens is 334 g/mol. The molecule has 0 bridgehead atoms. The molecule has 0 unspecified atom stereocenters. The monoisotopic (exact) mass is 347 g/mol. The molecule has 2 aromatic heterocycles. The Kier molecular flexibility index (Phi) is 4.26. The van der Waals surface area contributed by atoms with E-state index in [0.29, 0.717) is 16.4 Å². The molecule has 0 fully saturated rings. The molecule has 0 aliphatic heterocycles. The van der Waals surface area contributed by atoms with E-state index in [1.165, 1.54) is 23.1 Å². The predicted octanol–water partition coefficient (Wildman–Crippen LogP) is 1.96. The molecule has 3 N–H and O–H groups in total. The summed E-state index contributed by atoms with van der Waals surface area (Å²) in [5.41, 5.74) is 6.69. The second-order valence-corrected chi connectivity index (χ2v) is 6.88. The van der Waals surface area contributed by atoms with E-state index in [0.717, 1.165) is 15.1 Å². The van der Waals surface area contributed by atoms with Gasteiger partial charge in [-0.15, -0.1) is 20.4 Å². The average Bonchev–Trinajstić information content (AvgIpc) is 3.10. The van der Waals surface area contributed by atoms with Crippen LogP contribution in [0.4, 0.5) is 10.8 Å². The lowest BCUT2D eigenvalue weighted by atomic mass is 10.1. The third-order valence-corrected chi connectivity index (χ3v) is 4.69. The molecule has 0 atom stereocenters. The largest absolute Gasteiger partial charge is 0.398 e. The first-order valence-corrected chi connectivity index (χ1v) is 8.19. The Hall–Kier alpha value is -2.46. The maximum absolute atomic E-state index is 12.4. The van der Waals surface area contributed by atoms with Crippen LogP contribution in [0.1, 0.15) is 15.4 Å². The number of aromatic nitrogens is 5. The zero-order valence-corrected chi connectivity index (χ0v) is 14.0. The minimum atomic E-state index is -0.320. The Bertz CT molecular complexity index is 858. The molecule has 3 rings (SSSR count). The van der Waals surface area contributed by atoms with Crippen molar-refractivity contribution >= 4 is 39.8 Å². The predicted molar refractivity (Wildman–Crippen MR) is 88.6 cm³/mol. The second kappa shape index (κ2) is 6.34. The summed E-state index contributed by atoms with van der Waals surface area (Å²) >= 11 is 2.70. The number of rotatable bonds is 4. The van der Waals surface area contributed by atoms with E-state index in [2.05, 4.69) is 25.7 Å². The van der Waals surface area contributed by atoms with Crippen molar-refractivity contribution in [2.75, 3.05) is 11.1 Å². The van der Waals surface area contributed by atoms with Crippen molar-refractivity contribution in [3.8, 4) is 0 Å². The molecular formula is C13H13N7OS2. The van der Waals surface area contributed by atoms with E-state index in [1.54, 1.807) is 23.0 Å². The number of nitrogens with one attached hydrogen (secondary N) is 1. The zero-order valence-electron chi connectivity index (χ0n) is 12.3. The van der Waals surface area contributed by atoms with Gasteiger partial charge in [0.2, 0.25) is 5.13 Å². The molecule has 0 spiro atoms. The van der Waals surface area contributed by atoms with Crippen molar-refractivity contribution < 1.29 is 4.79 Å². The van der Waals surface area contributed by atoms with E-state index in [9.17, 15) is 4.79 Å². The third kappa shape index (κ3) is 3.48. The van der Waals surface area contributed by atoms with Gasteiger partial charge in [0.05, 0.1) is 5.56 Å². The number of carbonyl (C=O) groups excluding carboxylic acids is 1. The maximum Gasteiger partial charge on any atom is 0.259 e. The molecule has 1 amide bonds. The van der Waals surface area contributed by atoms with Gasteiger partial charge in [-0.05, 0) is 36.9 Å². The highest BCUT2D eigenvalue weighted by molar-refractivity contribution is 7.99. The van der Waals surface area contributed by atoms with Gasteiger partial charge in [-0.1, -0.05) is 11.3 Å². The van der Waals surface area contributed by atoms with Crippen LogP contribution in [-0.2, 0) is 7.05 Å². The van der Waals surface area contributed by atoms with Crippen LogP contribution in [0.5, 0.6) is 0 Å². The summed E-state index contributed by atoms with van der Waals surface area (Å²) in [6.45, 7) is 1.82. The molecule has 0 aliphatic carbocycles. The van der Waals surface area contributed by atoms with Crippen LogP contribution in [0.15, 0.2) is 34.6 Å². The molecule has 2 heterocycles. The highest BCUT2D eigenvalue weighted by Gasteiger charge is 2.14. The Labute approximate surface area is 140 Å². The van der Waals surface area contributed by atoms with Gasteiger partial charge in [0.1, 0.15) is 11.3 Å². The lowest BCUT2D eigenvalue weighted by Gasteiger charge is -2.07. The Morgan fingerprint density at radius 2 is 2.17 bits per heavy atom. The smallest absolute Gasteiger partial charge is 0.259 e. The van der Waals surface area contributed by atoms with Crippen LogP contribution in [-0.4, -0.2) is 30.9 Å². The van der Waals surface area contributed by atoms with Gasteiger partial charge in [0.25, 0.3) is 5.91 Å². The van der Waals surface area contributed by atoms with E-state index in [-0.39, 0.29) is 5.91 Å². The first-order valence-electron chi connectivity index (χ1n) is 6.56. The summed E-state index contributed by atoms with van der Waals surface area (Å²) in [7, 11) is 1.85. The van der Waals surface area contributed by atoms with Crippen LogP contribution in [0, 0.1) is 6.92 Å². The number of benzene rings is 1. The molecule has 1 aromatic carbocycles. The molecule has 118 valence electrons. The molecule has 0 saturated heterocycles. The molecule has 10 heteroatoms. The van der Waals surface area contributed by atoms with E-state index >= 15 is 0 Å². The summed E-state index contributed by atoms with van der Waals surface area (Å²) in [5.74, 6) is -0.320. The first-order chi connectivity index (χ1) is 11.0. The minimum absolute atomic E-state index is 0.320. The van der Waals surface area contributed by atoms with Crippen molar-refractivity contribution in [1.29, 1.82) is 0 Å². The van der Waals surface area contributed by atoms with Crippen molar-refractivity contribution in [2.45, 2.75) is 17.0 Å². The molecule has 23 heavy (non-hydrogen) atoms. The van der Waals surface area contributed by atoms with Crippen LogP contribution < -0.4 is 11.1 Å². The molecule has 0 saturated carbocycles. The van der Waals surface area contributed by atoms with Crippen LogP contribution in [0.25, 0.3) is 0 Å². The van der Waals surface area contributed by atoms with Gasteiger partial charge in [0.15, 0.2) is 5.16 Å². The van der Waals surface area contributed by atoms with Crippen LogP contribution >= 0.6 is 23.1 Å². The number of nitrogen functional groups attached to an aromatic ring is 1. The van der Waals surface area contributed by atoms with E-state index in [1.807, 2.05) is 20.0 Å². The standard InChI is InChI=1S/C13H13N7OS2/c1-7-17-18-12(22-7)16-11(21)9-5-8(3-4-10(9)14)23-13-19-15-6-20(13)2/h3-6H,14H2,1-2H3,(H,16,18,21). The fourth-order valence-corrected chi connectivity index (χ4v) is 3.17. The average molecular weight is 347 g/mol. The Morgan fingerprint density at radius 3 is 2.83 bits per heavy atom. The lowest BCUT2D eigenvalue weighted by molar-refractivity contribution is 0.102. The summed E-state index contributed by atoms with van der Waals surface area (Å²) < 4.78 is 1.80. The zero-order chi connectivity index (χ0) is 16.4. The van der Waals surface area contributed by atoms with Gasteiger partial charge in [-0.2, -0.15) is 0 Å². The number of hydrogen-bond acceptors (Lipinski definition) is 8. The number of carbonyl (C=O) groups is 1. The number of amides is 1. The van der Waals surface area contributed by atoms with Crippen molar-refractivity contribution in [3.63, 3.8) is 0 Å². The molecule has 8 nitrogen and oxygen atoms in total. The maximum atomic E-state index is 12.4. The highest BCUT2D eigenvalue weighted by Crippen LogP contribution is 2.28. The third-order valence-electron chi connectivity index (χ3n) is 2.89. The van der Waals surface area contributed by atoms with E-state index < -0.39 is 0 Å². The van der Waals surface area contributed by atoms with Gasteiger partial charge >= 0.3 is 0 Å². The molecule has 0 aliphatic rings. The Morgan fingerprint density at radius 1 is 1.35 bits per heavy atom. The molecule has 3 aromatic rings. The number of anilines is 2. The summed E-state index contributed by atoms with van der Waals surface area (Å²) in [4.78, 5) is 13.2. The number of nitrogens with zero attached hydrogens (tertiary/aromatic N) is 5. The minimum Gasteiger partial charge on any atom is -0.398 e. The highest BCUT2D eigenvalue weighted by atomic mass is 32.2. The first kappa shape index (κ1) is 15.4. The topological polar surface area (TPSA) is 112 Å². The lowest BCUT2D eigenvalue weighted by Crippen LogP contribution is -2.14. The van der Waals surface area contributed by atoms with Crippen LogP contribution in [0.2, 0.25) is 0 Å². The van der Waals surface area contributed by atoms with Gasteiger partial charge < -0.3 is 10.3 Å². The molecule has 0 radical (unpaired) electrons. The fraction of sp³-hybridized carbons (Fsp3) is 0.154. The summed E-state index contributed by atoms with van der Waals surface area (Å²) in [6, 6.07) is 5.25. The second-order valence-electron chi connectivity index (χ2n) is 4.66. The number of nitrogens with two attached hydrogens (primary N) is 1. The van der Waals surface area contributed by atoms with Gasteiger partial charge in [-0.3, -0.25) is 10.1 Å². The van der Waals surface area contributed by atoms with Crippen molar-refractivity contribution in [3.05, 3.63) is 35.1 Å². The summed E-state index contributed by atoms with van der Waals surface area (Å²) in [5, 5.41) is 20.2. The van der Waals surface area contributed by atoms with E-state index in [4.69, 9.17) is 5.73 Å². The fourth-order valence-electron chi connectivity index (χ4n) is 1.78. The van der Waals surface area contributed by atoms with Gasteiger partial charge in [0, 0.05) is 17.6 Å². The Balaban J connectivity index is 1.82. The number of aryl methyl sites for hydroxylation is 2. The summed E-state index contributed by atoms with van der Waals surface area (Å²) in [6.07, 6.45) is 1.62. The quantitative estimate of drug-likeness (QED) is 0.694. The van der Waals surface area contributed by atoms with Crippen LogP contribution in [0.3, 0.4) is 0 Å². The SMILES string of the molecule is Cc1nnc(NC(=O)c2cc(Sc3nncn3C)ccc2N)s1. The van der Waals surface area contributed by atoms with Gasteiger partial charge in [-0.25, -0.2) is 0 Å². The number of hydrogen-bond donors (Lipinski definition) is 2.